The second kappa shape index (κ2) is 5.49. The first-order chi connectivity index (χ1) is 8.88. The van der Waals surface area contributed by atoms with Crippen molar-refractivity contribution in [2.24, 2.45) is 0 Å². The number of rotatable bonds is 1. The van der Waals surface area contributed by atoms with Gasteiger partial charge in [0.1, 0.15) is 5.82 Å². The lowest BCUT2D eigenvalue weighted by molar-refractivity contribution is 0.360. The summed E-state index contributed by atoms with van der Waals surface area (Å²) in [6, 6.07) is 5.71. The minimum Gasteiger partial charge on any atom is -0.368 e. The van der Waals surface area contributed by atoms with Gasteiger partial charge in [-0.15, -0.1) is 0 Å². The Morgan fingerprint density at radius 3 is 2.42 bits per heavy atom. The Bertz CT molecular complexity index is 437. The summed E-state index contributed by atoms with van der Waals surface area (Å²) in [5, 5.41) is 0. The Morgan fingerprint density at radius 1 is 1.05 bits per heavy atom. The van der Waals surface area contributed by atoms with Gasteiger partial charge in [0.15, 0.2) is 0 Å². The second-order valence-electron chi connectivity index (χ2n) is 6.56. The zero-order chi connectivity index (χ0) is 14.0. The van der Waals surface area contributed by atoms with Crippen LogP contribution in [0.5, 0.6) is 0 Å². The summed E-state index contributed by atoms with van der Waals surface area (Å²) >= 11 is 0. The molecule has 1 aromatic carbocycles. The molecular formula is C16H25FN2. The Kier molecular flexibility index (Phi) is 4.14. The van der Waals surface area contributed by atoms with Gasteiger partial charge in [-0.2, -0.15) is 0 Å². The molecule has 1 aromatic rings. The predicted octanol–water partition coefficient (Wildman–Crippen LogP) is 3.27. The minimum absolute atomic E-state index is 0.00161. The van der Waals surface area contributed by atoms with Crippen LogP contribution >= 0.6 is 0 Å². The molecule has 1 fully saturated rings. The van der Waals surface area contributed by atoms with E-state index in [0.29, 0.717) is 0 Å². The molecule has 0 spiro atoms. The molecule has 19 heavy (non-hydrogen) atoms. The van der Waals surface area contributed by atoms with E-state index in [1.54, 1.807) is 6.07 Å². The molecule has 1 aliphatic rings. The van der Waals surface area contributed by atoms with Crippen LogP contribution in [0.3, 0.4) is 0 Å². The van der Waals surface area contributed by atoms with Crippen molar-refractivity contribution in [3.8, 4) is 0 Å². The largest absolute Gasteiger partial charge is 0.368 e. The average Bonchev–Trinajstić information content (AvgIpc) is 2.53. The van der Waals surface area contributed by atoms with Crippen molar-refractivity contribution < 1.29 is 4.39 Å². The molecule has 0 N–H and O–H groups in total. The van der Waals surface area contributed by atoms with E-state index in [2.05, 4.69) is 43.7 Å². The molecule has 106 valence electrons. The van der Waals surface area contributed by atoms with Gasteiger partial charge < -0.3 is 9.80 Å². The topological polar surface area (TPSA) is 6.48 Å². The number of hydrogen-bond acceptors (Lipinski definition) is 2. The Hall–Kier alpha value is -1.09. The molecular weight excluding hydrogens is 239 g/mol. The van der Waals surface area contributed by atoms with Crippen molar-refractivity contribution in [2.45, 2.75) is 32.6 Å². The first-order valence-corrected chi connectivity index (χ1v) is 7.11. The van der Waals surface area contributed by atoms with Gasteiger partial charge in [-0.25, -0.2) is 4.39 Å². The number of hydrogen-bond donors (Lipinski definition) is 0. The van der Waals surface area contributed by atoms with Crippen molar-refractivity contribution >= 4 is 5.69 Å². The van der Waals surface area contributed by atoms with E-state index in [1.165, 1.54) is 0 Å². The molecule has 1 aliphatic heterocycles. The normalized spacial score (nSPS) is 18.5. The molecule has 0 atom stereocenters. The lowest BCUT2D eigenvalue weighted by Gasteiger charge is -2.25. The van der Waals surface area contributed by atoms with E-state index in [4.69, 9.17) is 0 Å². The molecule has 0 aliphatic carbocycles. The predicted molar refractivity (Wildman–Crippen MR) is 79.4 cm³/mol. The fraction of sp³-hybridized carbons (Fsp3) is 0.625. The number of likely N-dealkylation sites (N-methyl/N-ethyl adjacent to an activating group) is 1. The maximum atomic E-state index is 14.3. The summed E-state index contributed by atoms with van der Waals surface area (Å²) in [7, 11) is 2.13. The van der Waals surface area contributed by atoms with E-state index in [9.17, 15) is 4.39 Å². The van der Waals surface area contributed by atoms with Crippen LogP contribution < -0.4 is 4.90 Å². The minimum atomic E-state index is -0.0861. The molecule has 0 bridgehead atoms. The molecule has 0 radical (unpaired) electrons. The van der Waals surface area contributed by atoms with Crippen molar-refractivity contribution in [3.63, 3.8) is 0 Å². The summed E-state index contributed by atoms with van der Waals surface area (Å²) in [5.41, 5.74) is 1.81. The van der Waals surface area contributed by atoms with Crippen molar-refractivity contribution in [2.75, 3.05) is 38.1 Å². The lowest BCUT2D eigenvalue weighted by Crippen LogP contribution is -2.29. The van der Waals surface area contributed by atoms with Gasteiger partial charge >= 0.3 is 0 Å². The SMILES string of the molecule is CN1CCCN(c2ccc(C(C)(C)C)cc2F)CC1. The first-order valence-electron chi connectivity index (χ1n) is 7.11. The van der Waals surface area contributed by atoms with Crippen LogP contribution in [0.2, 0.25) is 0 Å². The highest BCUT2D eigenvalue weighted by atomic mass is 19.1. The Labute approximate surface area is 116 Å². The fourth-order valence-electron chi connectivity index (χ4n) is 2.52. The molecule has 0 unspecified atom stereocenters. The maximum Gasteiger partial charge on any atom is 0.146 e. The maximum absolute atomic E-state index is 14.3. The van der Waals surface area contributed by atoms with E-state index in [-0.39, 0.29) is 11.2 Å². The van der Waals surface area contributed by atoms with E-state index < -0.39 is 0 Å². The van der Waals surface area contributed by atoms with Gasteiger partial charge in [0.2, 0.25) is 0 Å². The van der Waals surface area contributed by atoms with Gasteiger partial charge in [-0.1, -0.05) is 26.8 Å². The summed E-state index contributed by atoms with van der Waals surface area (Å²) in [6.45, 7) is 10.3. The van der Waals surface area contributed by atoms with Gasteiger partial charge in [0, 0.05) is 19.6 Å². The fourth-order valence-corrected chi connectivity index (χ4v) is 2.52. The van der Waals surface area contributed by atoms with Crippen molar-refractivity contribution in [3.05, 3.63) is 29.6 Å². The summed E-state index contributed by atoms with van der Waals surface area (Å²) in [4.78, 5) is 4.48. The third kappa shape index (κ3) is 3.47. The highest BCUT2D eigenvalue weighted by Crippen LogP contribution is 2.28. The summed E-state index contributed by atoms with van der Waals surface area (Å²) < 4.78 is 14.3. The lowest BCUT2D eigenvalue weighted by atomic mass is 9.87. The smallest absolute Gasteiger partial charge is 0.146 e. The zero-order valence-electron chi connectivity index (χ0n) is 12.5. The summed E-state index contributed by atoms with van der Waals surface area (Å²) in [5.74, 6) is -0.0861. The third-order valence-corrected chi connectivity index (χ3v) is 3.87. The first kappa shape index (κ1) is 14.3. The molecule has 0 amide bonds. The van der Waals surface area contributed by atoms with Crippen LogP contribution in [0.25, 0.3) is 0 Å². The molecule has 0 aromatic heterocycles. The summed E-state index contributed by atoms with van der Waals surface area (Å²) in [6.07, 6.45) is 1.09. The highest BCUT2D eigenvalue weighted by molar-refractivity contribution is 5.50. The van der Waals surface area contributed by atoms with E-state index in [1.807, 2.05) is 6.07 Å². The average molecular weight is 264 g/mol. The van der Waals surface area contributed by atoms with Gasteiger partial charge in [-0.3, -0.25) is 0 Å². The van der Waals surface area contributed by atoms with Crippen LogP contribution in [0.15, 0.2) is 18.2 Å². The Balaban J connectivity index is 2.21. The van der Waals surface area contributed by atoms with Crippen molar-refractivity contribution in [1.29, 1.82) is 0 Å². The van der Waals surface area contributed by atoms with Crippen LogP contribution in [0.4, 0.5) is 10.1 Å². The third-order valence-electron chi connectivity index (χ3n) is 3.87. The van der Waals surface area contributed by atoms with Crippen LogP contribution in [0.1, 0.15) is 32.8 Å². The Morgan fingerprint density at radius 2 is 1.79 bits per heavy atom. The second-order valence-corrected chi connectivity index (χ2v) is 6.56. The number of halogens is 1. The number of benzene rings is 1. The number of nitrogens with zero attached hydrogens (tertiary/aromatic N) is 2. The van der Waals surface area contributed by atoms with E-state index in [0.717, 1.165) is 43.9 Å². The van der Waals surface area contributed by atoms with Gasteiger partial charge in [-0.05, 0) is 43.1 Å². The quantitative estimate of drug-likeness (QED) is 0.768. The highest BCUT2D eigenvalue weighted by Gasteiger charge is 2.19. The molecule has 2 rings (SSSR count). The molecule has 1 saturated heterocycles. The van der Waals surface area contributed by atoms with Crippen molar-refractivity contribution in [1.82, 2.24) is 4.90 Å². The molecule has 1 heterocycles. The standard InChI is InChI=1S/C16H25FN2/c1-16(2,3)13-6-7-15(14(17)12-13)19-9-5-8-18(4)10-11-19/h6-7,12H,5,8-11H2,1-4H3. The van der Waals surface area contributed by atoms with Crippen LogP contribution in [-0.2, 0) is 5.41 Å². The number of anilines is 1. The van der Waals surface area contributed by atoms with Crippen LogP contribution in [-0.4, -0.2) is 38.1 Å². The monoisotopic (exact) mass is 264 g/mol. The van der Waals surface area contributed by atoms with Crippen LogP contribution in [0, 0.1) is 5.82 Å². The van der Waals surface area contributed by atoms with Gasteiger partial charge in [0.05, 0.1) is 5.69 Å². The molecule has 3 heteroatoms. The van der Waals surface area contributed by atoms with E-state index >= 15 is 0 Å². The molecule has 0 saturated carbocycles. The zero-order valence-corrected chi connectivity index (χ0v) is 12.5. The molecule has 2 nitrogen and oxygen atoms in total. The van der Waals surface area contributed by atoms with Gasteiger partial charge in [0.25, 0.3) is 0 Å².